The number of fused-ring (bicyclic) bond motifs is 1. The first-order chi connectivity index (χ1) is 12.5. The van der Waals surface area contributed by atoms with E-state index in [0.717, 1.165) is 6.92 Å². The Kier molecular flexibility index (Phi) is 4.58. The highest BCUT2D eigenvalue weighted by Crippen LogP contribution is 2.33. The normalized spacial score (nSPS) is 12.3. The minimum absolute atomic E-state index is 0.0598. The van der Waals surface area contributed by atoms with Crippen molar-refractivity contribution in [2.24, 2.45) is 0 Å². The molecule has 3 aromatic carbocycles. The van der Waals surface area contributed by atoms with Crippen molar-refractivity contribution >= 4 is 36.7 Å². The molecule has 3 aromatic rings. The fourth-order valence-corrected chi connectivity index (χ4v) is 4.45. The van der Waals surface area contributed by atoms with E-state index in [0.29, 0.717) is 16.8 Å². The Morgan fingerprint density at radius 3 is 2.30 bits per heavy atom. The second kappa shape index (κ2) is 6.48. The number of benzene rings is 3. The minimum Gasteiger partial charge on any atom is -0.397 e. The lowest BCUT2D eigenvalue weighted by atomic mass is 10.1. The summed E-state index contributed by atoms with van der Waals surface area (Å²) < 4.78 is 77.0. The van der Waals surface area contributed by atoms with E-state index >= 15 is 0 Å². The average molecular weight is 411 g/mol. The van der Waals surface area contributed by atoms with Crippen LogP contribution in [-0.2, 0) is 20.2 Å². The summed E-state index contributed by atoms with van der Waals surface area (Å²) in [7, 11) is -9.64. The van der Waals surface area contributed by atoms with E-state index < -0.39 is 47.1 Å². The Balaban J connectivity index is 2.20. The van der Waals surface area contributed by atoms with E-state index in [4.69, 9.17) is 9.92 Å². The number of hydrogen-bond donors (Lipinski definition) is 2. The molecule has 142 valence electrons. The lowest BCUT2D eigenvalue weighted by molar-refractivity contribution is 0.475. The molecule has 0 aromatic heterocycles. The van der Waals surface area contributed by atoms with E-state index in [1.54, 1.807) is 36.4 Å². The molecule has 0 aliphatic rings. The van der Waals surface area contributed by atoms with Crippen LogP contribution in [0.4, 0.5) is 10.1 Å². The smallest absolute Gasteiger partial charge is 0.342 e. The first-order valence-electron chi connectivity index (χ1n) is 7.50. The molecule has 0 bridgehead atoms. The first-order valence-corrected chi connectivity index (χ1v) is 10.4. The van der Waals surface area contributed by atoms with Gasteiger partial charge in [0, 0.05) is 10.9 Å². The third-order valence-electron chi connectivity index (χ3n) is 3.97. The lowest BCUT2D eigenvalue weighted by Crippen LogP contribution is -2.16. The highest BCUT2D eigenvalue weighted by Gasteiger charge is 2.29. The summed E-state index contributed by atoms with van der Waals surface area (Å²) in [6.07, 6.45) is 0. The molecule has 0 heterocycles. The van der Waals surface area contributed by atoms with E-state index in [9.17, 15) is 25.8 Å². The van der Waals surface area contributed by atoms with Gasteiger partial charge in [-0.05, 0) is 24.4 Å². The highest BCUT2D eigenvalue weighted by molar-refractivity contribution is 7.87. The molecule has 0 amide bonds. The predicted molar refractivity (Wildman–Crippen MR) is 97.1 cm³/mol. The molecule has 0 fully saturated rings. The molecule has 3 N–H and O–H groups in total. The molecule has 0 aliphatic carbocycles. The van der Waals surface area contributed by atoms with Crippen LogP contribution in [0.3, 0.4) is 0 Å². The predicted octanol–water partition coefficient (Wildman–Crippen LogP) is 2.88. The number of anilines is 1. The Hall–Kier alpha value is -2.69. The second-order valence-electron chi connectivity index (χ2n) is 5.72. The molecule has 0 aliphatic heterocycles. The van der Waals surface area contributed by atoms with Gasteiger partial charge in [-0.2, -0.15) is 16.8 Å². The van der Waals surface area contributed by atoms with Gasteiger partial charge in [-0.25, -0.2) is 4.39 Å². The van der Waals surface area contributed by atoms with Gasteiger partial charge in [-0.15, -0.1) is 0 Å². The molecule has 0 saturated heterocycles. The summed E-state index contributed by atoms with van der Waals surface area (Å²) in [5, 5.41) is 1.16. The van der Waals surface area contributed by atoms with Gasteiger partial charge in [0.25, 0.3) is 10.1 Å². The van der Waals surface area contributed by atoms with E-state index in [1.807, 2.05) is 0 Å². The van der Waals surface area contributed by atoms with Crippen molar-refractivity contribution < 1.29 is 30.0 Å². The van der Waals surface area contributed by atoms with Gasteiger partial charge in [-0.1, -0.05) is 36.4 Å². The number of hydrogen-bond acceptors (Lipinski definition) is 6. The van der Waals surface area contributed by atoms with Gasteiger partial charge in [0.2, 0.25) is 0 Å². The average Bonchev–Trinajstić information content (AvgIpc) is 2.58. The van der Waals surface area contributed by atoms with Crippen LogP contribution in [0.5, 0.6) is 5.75 Å². The SMILES string of the molecule is Cc1c(N)c(S(=O)(=O)O)cc(S(=O)(=O)Oc2cccc3ccccc23)c1F. The summed E-state index contributed by atoms with van der Waals surface area (Å²) in [6.45, 7) is 1.09. The molecule has 3 rings (SSSR count). The zero-order valence-electron chi connectivity index (χ0n) is 13.9. The van der Waals surface area contributed by atoms with Crippen LogP contribution in [0, 0.1) is 12.7 Å². The third-order valence-corrected chi connectivity index (χ3v) is 6.10. The molecule has 0 radical (unpaired) electrons. The molecule has 0 saturated carbocycles. The Morgan fingerprint density at radius 1 is 1.00 bits per heavy atom. The summed E-state index contributed by atoms with van der Waals surface area (Å²) in [4.78, 5) is -1.96. The van der Waals surface area contributed by atoms with E-state index in [-0.39, 0.29) is 5.75 Å². The first kappa shape index (κ1) is 19.1. The number of halogens is 1. The van der Waals surface area contributed by atoms with Crippen LogP contribution in [0.1, 0.15) is 5.56 Å². The summed E-state index contributed by atoms with van der Waals surface area (Å²) in [5.41, 5.74) is 4.47. The maximum absolute atomic E-state index is 14.5. The number of nitrogen functional groups attached to an aromatic ring is 1. The van der Waals surface area contributed by atoms with Crippen molar-refractivity contribution in [3.05, 3.63) is 59.9 Å². The fourth-order valence-electron chi connectivity index (χ4n) is 2.57. The summed E-state index contributed by atoms with van der Waals surface area (Å²) >= 11 is 0. The standard InChI is InChI=1S/C17H14FNO6S2/c1-10-16(18)14(9-15(17(10)19)26(20,21)22)27(23,24)25-13-8-4-6-11-5-2-3-7-12(11)13/h2-9H,19H2,1H3,(H,20,21,22). The van der Waals surface area contributed by atoms with Crippen molar-refractivity contribution in [2.45, 2.75) is 16.7 Å². The molecule has 0 atom stereocenters. The zero-order valence-corrected chi connectivity index (χ0v) is 15.5. The van der Waals surface area contributed by atoms with Crippen LogP contribution in [0.2, 0.25) is 0 Å². The second-order valence-corrected chi connectivity index (χ2v) is 8.62. The van der Waals surface area contributed by atoms with Crippen molar-refractivity contribution in [3.8, 4) is 5.75 Å². The maximum Gasteiger partial charge on any atom is 0.342 e. The number of rotatable bonds is 4. The van der Waals surface area contributed by atoms with Crippen LogP contribution >= 0.6 is 0 Å². The molecule has 0 spiro atoms. The topological polar surface area (TPSA) is 124 Å². The van der Waals surface area contributed by atoms with E-state index in [1.165, 1.54) is 6.07 Å². The summed E-state index contributed by atoms with van der Waals surface area (Å²) in [5.74, 6) is -1.32. The van der Waals surface area contributed by atoms with Crippen LogP contribution < -0.4 is 9.92 Å². The van der Waals surface area contributed by atoms with Gasteiger partial charge in [-0.3, -0.25) is 4.55 Å². The van der Waals surface area contributed by atoms with Crippen molar-refractivity contribution in [1.29, 1.82) is 0 Å². The zero-order chi connectivity index (χ0) is 20.0. The molecule has 7 nitrogen and oxygen atoms in total. The quantitative estimate of drug-likeness (QED) is 0.384. The third kappa shape index (κ3) is 3.46. The highest BCUT2D eigenvalue weighted by atomic mass is 32.2. The molecule has 10 heteroatoms. The maximum atomic E-state index is 14.5. The van der Waals surface area contributed by atoms with Crippen LogP contribution in [-0.4, -0.2) is 21.4 Å². The van der Waals surface area contributed by atoms with Crippen LogP contribution in [0.15, 0.2) is 58.3 Å². The van der Waals surface area contributed by atoms with E-state index in [2.05, 4.69) is 0 Å². The van der Waals surface area contributed by atoms with Gasteiger partial charge in [0.1, 0.15) is 15.6 Å². The Labute approximate surface area is 155 Å². The molecule has 27 heavy (non-hydrogen) atoms. The van der Waals surface area contributed by atoms with Crippen molar-refractivity contribution in [2.75, 3.05) is 5.73 Å². The fraction of sp³-hybridized carbons (Fsp3) is 0.0588. The molecular weight excluding hydrogens is 397 g/mol. The van der Waals surface area contributed by atoms with Gasteiger partial charge >= 0.3 is 10.1 Å². The van der Waals surface area contributed by atoms with Crippen molar-refractivity contribution in [3.63, 3.8) is 0 Å². The lowest BCUT2D eigenvalue weighted by Gasteiger charge is -2.14. The Bertz CT molecular complexity index is 1260. The summed E-state index contributed by atoms with van der Waals surface area (Å²) in [6, 6.07) is 11.9. The Morgan fingerprint density at radius 2 is 1.63 bits per heavy atom. The van der Waals surface area contributed by atoms with Crippen LogP contribution in [0.25, 0.3) is 10.8 Å². The van der Waals surface area contributed by atoms with Gasteiger partial charge < -0.3 is 9.92 Å². The monoisotopic (exact) mass is 411 g/mol. The van der Waals surface area contributed by atoms with Crippen molar-refractivity contribution in [1.82, 2.24) is 0 Å². The van der Waals surface area contributed by atoms with Gasteiger partial charge in [0.15, 0.2) is 5.75 Å². The molecular formula is C17H14FNO6S2. The molecule has 0 unspecified atom stereocenters. The minimum atomic E-state index is -4.87. The van der Waals surface area contributed by atoms with Gasteiger partial charge in [0.05, 0.1) is 5.69 Å². The number of nitrogens with two attached hydrogens (primary N) is 1. The largest absolute Gasteiger partial charge is 0.397 e.